The second kappa shape index (κ2) is 3.05. The van der Waals surface area contributed by atoms with E-state index in [4.69, 9.17) is 9.63 Å². The third-order valence-corrected chi connectivity index (χ3v) is 1.05. The Hall–Kier alpha value is -1.52. The number of anilines is 1. The topological polar surface area (TPSA) is 75.4 Å². The van der Waals surface area contributed by atoms with Crippen molar-refractivity contribution in [2.24, 2.45) is 0 Å². The fourth-order valence-electron chi connectivity index (χ4n) is 0.616. The molecule has 11 heavy (non-hydrogen) atoms. The Morgan fingerprint density at radius 1 is 1.91 bits per heavy atom. The van der Waals surface area contributed by atoms with Gasteiger partial charge >= 0.3 is 5.97 Å². The van der Waals surface area contributed by atoms with E-state index in [1.54, 1.807) is 13.0 Å². The van der Waals surface area contributed by atoms with Crippen LogP contribution in [0, 0.1) is 6.92 Å². The summed E-state index contributed by atoms with van der Waals surface area (Å²) in [6.07, 6.45) is 0. The molecule has 2 N–H and O–H groups in total. The predicted octanol–water partition coefficient (Wildman–Crippen LogP) is 0.480. The third kappa shape index (κ3) is 2.29. The molecule has 0 saturated heterocycles. The molecule has 0 spiro atoms. The van der Waals surface area contributed by atoms with Crippen LogP contribution in [0.4, 0.5) is 5.82 Å². The Balaban J connectivity index is 2.45. The number of nitrogens with one attached hydrogen (secondary N) is 1. The monoisotopic (exact) mass is 156 g/mol. The predicted molar refractivity (Wildman–Crippen MR) is 37.4 cm³/mol. The Kier molecular flexibility index (Phi) is 2.10. The van der Waals surface area contributed by atoms with Gasteiger partial charge in [0, 0.05) is 6.07 Å². The highest BCUT2D eigenvalue weighted by molar-refractivity contribution is 5.72. The van der Waals surface area contributed by atoms with Crippen molar-refractivity contribution in [1.82, 2.24) is 5.16 Å². The van der Waals surface area contributed by atoms with Crippen molar-refractivity contribution >= 4 is 11.8 Å². The summed E-state index contributed by atoms with van der Waals surface area (Å²) < 4.78 is 4.69. The van der Waals surface area contributed by atoms with Gasteiger partial charge in [0.15, 0.2) is 5.82 Å². The number of nitrogens with zero attached hydrogens (tertiary/aromatic N) is 1. The zero-order valence-corrected chi connectivity index (χ0v) is 6.00. The van der Waals surface area contributed by atoms with Gasteiger partial charge in [-0.25, -0.2) is 0 Å². The minimum Gasteiger partial charge on any atom is -0.480 e. The molecule has 60 valence electrons. The lowest BCUT2D eigenvalue weighted by Crippen LogP contribution is -2.12. The van der Waals surface area contributed by atoms with E-state index >= 15 is 0 Å². The van der Waals surface area contributed by atoms with Crippen LogP contribution >= 0.6 is 0 Å². The maximum atomic E-state index is 10.1. The van der Waals surface area contributed by atoms with E-state index in [1.165, 1.54) is 0 Å². The fraction of sp³-hybridized carbons (Fsp3) is 0.333. The molecular formula is C6H8N2O3. The van der Waals surface area contributed by atoms with Gasteiger partial charge in [0.25, 0.3) is 0 Å². The van der Waals surface area contributed by atoms with E-state index in [-0.39, 0.29) is 6.54 Å². The van der Waals surface area contributed by atoms with Gasteiger partial charge < -0.3 is 14.9 Å². The Morgan fingerprint density at radius 3 is 3.09 bits per heavy atom. The van der Waals surface area contributed by atoms with E-state index < -0.39 is 5.97 Å². The lowest BCUT2D eigenvalue weighted by Gasteiger charge is -1.93. The van der Waals surface area contributed by atoms with Crippen LogP contribution < -0.4 is 5.32 Å². The largest absolute Gasteiger partial charge is 0.480 e. The summed E-state index contributed by atoms with van der Waals surface area (Å²) in [6.45, 7) is 1.59. The van der Waals surface area contributed by atoms with E-state index in [1.807, 2.05) is 0 Å². The first-order chi connectivity index (χ1) is 5.18. The van der Waals surface area contributed by atoms with Crippen molar-refractivity contribution in [3.05, 3.63) is 11.8 Å². The molecule has 5 heteroatoms. The van der Waals surface area contributed by atoms with Crippen LogP contribution in [0.2, 0.25) is 0 Å². The number of hydrogen-bond acceptors (Lipinski definition) is 4. The summed E-state index contributed by atoms with van der Waals surface area (Å²) in [5.41, 5.74) is 0. The van der Waals surface area contributed by atoms with Crippen LogP contribution in [0.15, 0.2) is 10.6 Å². The van der Waals surface area contributed by atoms with Gasteiger partial charge in [-0.2, -0.15) is 0 Å². The van der Waals surface area contributed by atoms with Crippen molar-refractivity contribution in [3.63, 3.8) is 0 Å². The second-order valence-corrected chi connectivity index (χ2v) is 2.07. The maximum Gasteiger partial charge on any atom is 0.322 e. The van der Waals surface area contributed by atoms with Gasteiger partial charge in [0.1, 0.15) is 12.3 Å². The summed E-state index contributed by atoms with van der Waals surface area (Å²) in [5.74, 6) is 0.174. The molecule has 1 rings (SSSR count). The van der Waals surface area contributed by atoms with Gasteiger partial charge in [0.05, 0.1) is 0 Å². The number of carbonyl (C=O) groups is 1. The van der Waals surface area contributed by atoms with E-state index in [0.29, 0.717) is 11.6 Å². The number of aliphatic carboxylic acids is 1. The minimum absolute atomic E-state index is 0.147. The quantitative estimate of drug-likeness (QED) is 0.665. The standard InChI is InChI=1S/C6H8N2O3/c1-4-2-5(8-11-4)7-3-6(9)10/h2H,3H2,1H3,(H,7,8)(H,9,10). The molecule has 0 atom stereocenters. The van der Waals surface area contributed by atoms with Gasteiger partial charge in [-0.05, 0) is 6.92 Å². The van der Waals surface area contributed by atoms with Gasteiger partial charge in [-0.3, -0.25) is 4.79 Å². The number of aromatic nitrogens is 1. The first-order valence-corrected chi connectivity index (χ1v) is 3.07. The number of rotatable bonds is 3. The average molecular weight is 156 g/mol. The minimum atomic E-state index is -0.925. The van der Waals surface area contributed by atoms with Crippen LogP contribution in [0.25, 0.3) is 0 Å². The van der Waals surface area contributed by atoms with Gasteiger partial charge in [-0.15, -0.1) is 0 Å². The molecule has 5 nitrogen and oxygen atoms in total. The molecule has 1 aromatic rings. The van der Waals surface area contributed by atoms with Crippen molar-refractivity contribution in [2.75, 3.05) is 11.9 Å². The summed E-state index contributed by atoms with van der Waals surface area (Å²) >= 11 is 0. The van der Waals surface area contributed by atoms with Crippen LogP contribution in [-0.4, -0.2) is 22.8 Å². The molecule has 0 aliphatic carbocycles. The van der Waals surface area contributed by atoms with Crippen LogP contribution in [-0.2, 0) is 4.79 Å². The van der Waals surface area contributed by atoms with Crippen LogP contribution in [0.5, 0.6) is 0 Å². The first-order valence-electron chi connectivity index (χ1n) is 3.07. The molecule has 0 radical (unpaired) electrons. The van der Waals surface area contributed by atoms with Crippen molar-refractivity contribution < 1.29 is 14.4 Å². The number of hydrogen-bond donors (Lipinski definition) is 2. The number of aryl methyl sites for hydroxylation is 1. The first kappa shape index (κ1) is 7.59. The van der Waals surface area contributed by atoms with E-state index in [9.17, 15) is 4.79 Å². The third-order valence-electron chi connectivity index (χ3n) is 1.05. The number of carboxylic acid groups (broad SMARTS) is 1. The Morgan fingerprint density at radius 2 is 2.64 bits per heavy atom. The molecular weight excluding hydrogens is 148 g/mol. The molecule has 0 aromatic carbocycles. The van der Waals surface area contributed by atoms with Crippen LogP contribution in [0.1, 0.15) is 5.76 Å². The smallest absolute Gasteiger partial charge is 0.322 e. The molecule has 0 bridgehead atoms. The van der Waals surface area contributed by atoms with Gasteiger partial charge in [-0.1, -0.05) is 5.16 Å². The summed E-state index contributed by atoms with van der Waals surface area (Å²) in [4.78, 5) is 10.1. The molecule has 0 aliphatic heterocycles. The fourth-order valence-corrected chi connectivity index (χ4v) is 0.616. The molecule has 0 saturated carbocycles. The molecule has 0 aliphatic rings. The van der Waals surface area contributed by atoms with Gasteiger partial charge in [0.2, 0.25) is 0 Å². The van der Waals surface area contributed by atoms with Crippen molar-refractivity contribution in [3.8, 4) is 0 Å². The highest BCUT2D eigenvalue weighted by atomic mass is 16.5. The Labute approximate surface area is 63.0 Å². The highest BCUT2D eigenvalue weighted by Gasteiger charge is 2.00. The molecule has 0 fully saturated rings. The lowest BCUT2D eigenvalue weighted by molar-refractivity contribution is -0.134. The normalized spacial score (nSPS) is 9.55. The molecule has 0 unspecified atom stereocenters. The van der Waals surface area contributed by atoms with Crippen molar-refractivity contribution in [2.45, 2.75) is 6.92 Å². The number of carboxylic acids is 1. The molecule has 1 heterocycles. The summed E-state index contributed by atoms with van der Waals surface area (Å²) in [5, 5.41) is 14.4. The summed E-state index contributed by atoms with van der Waals surface area (Å²) in [7, 11) is 0. The molecule has 0 amide bonds. The van der Waals surface area contributed by atoms with Crippen LogP contribution in [0.3, 0.4) is 0 Å². The lowest BCUT2D eigenvalue weighted by atomic mass is 10.5. The van der Waals surface area contributed by atoms with Crippen molar-refractivity contribution in [1.29, 1.82) is 0 Å². The highest BCUT2D eigenvalue weighted by Crippen LogP contribution is 2.05. The SMILES string of the molecule is Cc1cc(NCC(=O)O)no1. The second-order valence-electron chi connectivity index (χ2n) is 2.07. The maximum absolute atomic E-state index is 10.1. The zero-order chi connectivity index (χ0) is 8.27. The zero-order valence-electron chi connectivity index (χ0n) is 6.00. The van der Waals surface area contributed by atoms with E-state index in [2.05, 4.69) is 10.5 Å². The average Bonchev–Trinajstić information content (AvgIpc) is 2.31. The molecule has 1 aromatic heterocycles. The van der Waals surface area contributed by atoms with E-state index in [0.717, 1.165) is 0 Å². The summed E-state index contributed by atoms with van der Waals surface area (Å²) in [6, 6.07) is 1.63. The Bertz CT molecular complexity index is 256.